The van der Waals surface area contributed by atoms with Crippen molar-refractivity contribution in [1.82, 2.24) is 4.57 Å². The number of benzene rings is 3. The van der Waals surface area contributed by atoms with Crippen LogP contribution in [0.4, 0.5) is 0 Å². The molecule has 1 N–H and O–H groups in total. The molecule has 0 amide bonds. The molecule has 0 spiro atoms. The Labute approximate surface area is 182 Å². The highest BCUT2D eigenvalue weighted by Crippen LogP contribution is 2.35. The van der Waals surface area contributed by atoms with Gasteiger partial charge in [0.1, 0.15) is 24.7 Å². The van der Waals surface area contributed by atoms with Gasteiger partial charge in [-0.25, -0.2) is 4.79 Å². The highest BCUT2D eigenvalue weighted by Gasteiger charge is 2.24. The number of nitrogens with zero attached hydrogens (tertiary/aromatic N) is 1. The number of aromatic hydroxyl groups is 1. The van der Waals surface area contributed by atoms with Gasteiger partial charge in [0.05, 0.1) is 21.2 Å². The lowest BCUT2D eigenvalue weighted by Crippen LogP contribution is -2.11. The number of para-hydroxylation sites is 1. The van der Waals surface area contributed by atoms with Gasteiger partial charge in [0.2, 0.25) is 0 Å². The zero-order chi connectivity index (χ0) is 21.1. The predicted molar refractivity (Wildman–Crippen MR) is 119 cm³/mol. The summed E-state index contributed by atoms with van der Waals surface area (Å²) in [6, 6.07) is 22.3. The summed E-state index contributed by atoms with van der Waals surface area (Å²) in [5, 5.41) is 10.8. The zero-order valence-corrected chi connectivity index (χ0v) is 17.9. The number of esters is 1. The molecule has 5 nitrogen and oxygen atoms in total. The molecule has 0 aliphatic rings. The Morgan fingerprint density at radius 2 is 1.67 bits per heavy atom. The van der Waals surface area contributed by atoms with Crippen molar-refractivity contribution in [2.75, 3.05) is 0 Å². The molecule has 0 aliphatic carbocycles. The Bertz CT molecular complexity index is 1190. The molecule has 0 saturated carbocycles. The maximum Gasteiger partial charge on any atom is 0.341 e. The molecule has 6 heteroatoms. The second kappa shape index (κ2) is 8.63. The summed E-state index contributed by atoms with van der Waals surface area (Å²) in [7, 11) is 1.86. The number of hydrogen-bond acceptors (Lipinski definition) is 4. The maximum absolute atomic E-state index is 13.1. The van der Waals surface area contributed by atoms with Gasteiger partial charge in [-0.05, 0) is 45.8 Å². The second-order valence-electron chi connectivity index (χ2n) is 6.86. The van der Waals surface area contributed by atoms with E-state index in [1.54, 1.807) is 12.1 Å². The molecular weight excluding hydrogens is 446 g/mol. The number of ether oxygens (including phenoxy) is 2. The van der Waals surface area contributed by atoms with Crippen LogP contribution in [-0.4, -0.2) is 15.6 Å². The third-order valence-corrected chi connectivity index (χ3v) is 5.56. The molecule has 0 fully saturated rings. The van der Waals surface area contributed by atoms with Crippen molar-refractivity contribution in [3.8, 4) is 11.5 Å². The lowest BCUT2D eigenvalue weighted by atomic mass is 10.1. The molecule has 4 rings (SSSR count). The number of aryl methyl sites for hydroxylation is 1. The molecule has 0 radical (unpaired) electrons. The molecule has 0 bridgehead atoms. The molecule has 1 heterocycles. The Kier molecular flexibility index (Phi) is 5.77. The Hall–Kier alpha value is -3.25. The fraction of sp³-hybridized carbons (Fsp3) is 0.125. The highest BCUT2D eigenvalue weighted by atomic mass is 79.9. The summed E-state index contributed by atoms with van der Waals surface area (Å²) >= 11 is 3.35. The first-order valence-electron chi connectivity index (χ1n) is 9.43. The fourth-order valence-corrected chi connectivity index (χ4v) is 3.69. The number of carbonyl (C=O) groups is 1. The first kappa shape index (κ1) is 20.0. The van der Waals surface area contributed by atoms with Crippen LogP contribution in [0.1, 0.15) is 21.6 Å². The molecule has 0 aliphatic heterocycles. The third kappa shape index (κ3) is 4.04. The minimum Gasteiger partial charge on any atom is -0.507 e. The van der Waals surface area contributed by atoms with Crippen LogP contribution in [-0.2, 0) is 25.0 Å². The smallest absolute Gasteiger partial charge is 0.341 e. The number of phenolic OH excluding ortho intramolecular Hbond substituents is 1. The van der Waals surface area contributed by atoms with Crippen molar-refractivity contribution < 1.29 is 19.4 Å². The Morgan fingerprint density at radius 3 is 2.37 bits per heavy atom. The fourth-order valence-electron chi connectivity index (χ4n) is 3.36. The molecule has 3 aromatic carbocycles. The highest BCUT2D eigenvalue weighted by molar-refractivity contribution is 9.10. The van der Waals surface area contributed by atoms with E-state index in [9.17, 15) is 9.90 Å². The van der Waals surface area contributed by atoms with Gasteiger partial charge in [-0.1, -0.05) is 48.5 Å². The van der Waals surface area contributed by atoms with Gasteiger partial charge in [-0.15, -0.1) is 0 Å². The number of carbonyl (C=O) groups excluding carboxylic acids is 1. The van der Waals surface area contributed by atoms with Crippen LogP contribution in [0.3, 0.4) is 0 Å². The lowest BCUT2D eigenvalue weighted by Gasteiger charge is -2.10. The number of rotatable bonds is 6. The monoisotopic (exact) mass is 465 g/mol. The summed E-state index contributed by atoms with van der Waals surface area (Å²) in [4.78, 5) is 13.1. The minimum absolute atomic E-state index is 0.0562. The molecule has 152 valence electrons. The first-order chi connectivity index (χ1) is 14.5. The third-order valence-electron chi connectivity index (χ3n) is 4.92. The summed E-state index contributed by atoms with van der Waals surface area (Å²) < 4.78 is 14.0. The van der Waals surface area contributed by atoms with E-state index < -0.39 is 5.97 Å². The van der Waals surface area contributed by atoms with Crippen LogP contribution in [0.2, 0.25) is 0 Å². The van der Waals surface area contributed by atoms with Gasteiger partial charge >= 0.3 is 5.97 Å². The number of phenols is 1. The summed E-state index contributed by atoms with van der Waals surface area (Å²) in [6.45, 7) is 0.348. The molecule has 0 atom stereocenters. The molecule has 1 aromatic heterocycles. The summed E-state index contributed by atoms with van der Waals surface area (Å²) in [6.07, 6.45) is 0. The first-order valence-corrected chi connectivity index (χ1v) is 10.2. The SMILES string of the molecule is Cn1c(COc2ccccc2)c(C(=O)OCc2ccccc2)c2cc(O)c(Br)cc21. The van der Waals surface area contributed by atoms with Crippen molar-refractivity contribution in [1.29, 1.82) is 0 Å². The average Bonchev–Trinajstić information content (AvgIpc) is 3.03. The molecule has 0 unspecified atom stereocenters. The van der Waals surface area contributed by atoms with E-state index in [-0.39, 0.29) is 19.0 Å². The van der Waals surface area contributed by atoms with E-state index in [0.29, 0.717) is 26.9 Å². The van der Waals surface area contributed by atoms with Crippen LogP contribution in [0, 0.1) is 0 Å². The van der Waals surface area contributed by atoms with Crippen molar-refractivity contribution in [3.63, 3.8) is 0 Å². The van der Waals surface area contributed by atoms with Gasteiger partial charge < -0.3 is 19.1 Å². The van der Waals surface area contributed by atoms with E-state index in [1.165, 1.54) is 0 Å². The number of halogens is 1. The van der Waals surface area contributed by atoms with Crippen molar-refractivity contribution in [3.05, 3.63) is 94.1 Å². The summed E-state index contributed by atoms with van der Waals surface area (Å²) in [5.74, 6) is 0.300. The van der Waals surface area contributed by atoms with Gasteiger partial charge in [0, 0.05) is 12.4 Å². The molecule has 0 saturated heterocycles. The van der Waals surface area contributed by atoms with E-state index in [1.807, 2.05) is 72.3 Å². The second-order valence-corrected chi connectivity index (χ2v) is 7.72. The molecular formula is C24H20BrNO4. The van der Waals surface area contributed by atoms with E-state index in [4.69, 9.17) is 9.47 Å². The normalized spacial score (nSPS) is 10.9. The van der Waals surface area contributed by atoms with E-state index >= 15 is 0 Å². The van der Waals surface area contributed by atoms with Crippen molar-refractivity contribution >= 4 is 32.8 Å². The van der Waals surface area contributed by atoms with E-state index in [2.05, 4.69) is 15.9 Å². The van der Waals surface area contributed by atoms with E-state index in [0.717, 1.165) is 11.1 Å². The lowest BCUT2D eigenvalue weighted by molar-refractivity contribution is 0.0471. The van der Waals surface area contributed by atoms with Crippen molar-refractivity contribution in [2.45, 2.75) is 13.2 Å². The van der Waals surface area contributed by atoms with Crippen molar-refractivity contribution in [2.24, 2.45) is 7.05 Å². The predicted octanol–water partition coefficient (Wildman–Crippen LogP) is 5.58. The largest absolute Gasteiger partial charge is 0.507 e. The Morgan fingerprint density at radius 1 is 1.00 bits per heavy atom. The minimum atomic E-state index is -0.460. The molecule has 30 heavy (non-hydrogen) atoms. The van der Waals surface area contributed by atoms with Crippen LogP contribution in [0.5, 0.6) is 11.5 Å². The van der Waals surface area contributed by atoms with Gasteiger partial charge in [-0.3, -0.25) is 0 Å². The van der Waals surface area contributed by atoms with Crippen LogP contribution in [0.25, 0.3) is 10.9 Å². The zero-order valence-electron chi connectivity index (χ0n) is 16.3. The summed E-state index contributed by atoms with van der Waals surface area (Å²) in [5.41, 5.74) is 2.75. The van der Waals surface area contributed by atoms with Gasteiger partial charge in [0.25, 0.3) is 0 Å². The maximum atomic E-state index is 13.1. The van der Waals surface area contributed by atoms with Crippen LogP contribution in [0.15, 0.2) is 77.3 Å². The molecule has 4 aromatic rings. The topological polar surface area (TPSA) is 60.7 Å². The number of hydrogen-bond donors (Lipinski definition) is 1. The average molecular weight is 466 g/mol. The van der Waals surface area contributed by atoms with Crippen LogP contribution < -0.4 is 4.74 Å². The Balaban J connectivity index is 1.71. The number of aromatic nitrogens is 1. The number of fused-ring (bicyclic) bond motifs is 1. The van der Waals surface area contributed by atoms with Gasteiger partial charge in [-0.2, -0.15) is 0 Å². The standard InChI is InChI=1S/C24H20BrNO4/c1-26-20-13-19(25)22(27)12-18(20)23(21(26)15-29-17-10-6-3-7-11-17)24(28)30-14-16-8-4-2-5-9-16/h2-13,27H,14-15H2,1H3. The van der Waals surface area contributed by atoms with Crippen LogP contribution >= 0.6 is 15.9 Å². The van der Waals surface area contributed by atoms with Gasteiger partial charge in [0.15, 0.2) is 0 Å². The quantitative estimate of drug-likeness (QED) is 0.377.